The highest BCUT2D eigenvalue weighted by Gasteiger charge is 2.20. The second-order valence-electron chi connectivity index (χ2n) is 4.87. The predicted molar refractivity (Wildman–Crippen MR) is 90.7 cm³/mol. The van der Waals surface area contributed by atoms with Crippen molar-refractivity contribution in [3.63, 3.8) is 0 Å². The fourth-order valence-electron chi connectivity index (χ4n) is 2.25. The summed E-state index contributed by atoms with van der Waals surface area (Å²) >= 11 is 5.18. The first-order chi connectivity index (χ1) is 10.1. The highest BCUT2D eigenvalue weighted by molar-refractivity contribution is 9.11. The van der Waals surface area contributed by atoms with Crippen molar-refractivity contribution >= 4 is 39.1 Å². The number of amides is 1. The molecule has 1 aliphatic rings. The lowest BCUT2D eigenvalue weighted by Gasteiger charge is -2.36. The Kier molecular flexibility index (Phi) is 6.05. The number of piperazine rings is 1. The second kappa shape index (κ2) is 7.79. The summed E-state index contributed by atoms with van der Waals surface area (Å²) in [6.45, 7) is 8.44. The summed E-state index contributed by atoms with van der Waals surface area (Å²) in [4.78, 5) is 21.4. The Bertz CT molecular complexity index is 509. The van der Waals surface area contributed by atoms with Gasteiger partial charge in [0.05, 0.1) is 10.3 Å². The molecule has 5 nitrogen and oxygen atoms in total. The Balaban J connectivity index is 1.97. The van der Waals surface area contributed by atoms with E-state index in [-0.39, 0.29) is 5.91 Å². The topological polar surface area (TPSA) is 47.9 Å². The molecule has 0 unspecified atom stereocenters. The number of guanidine groups is 1. The van der Waals surface area contributed by atoms with Gasteiger partial charge in [0.2, 0.25) is 5.91 Å². The van der Waals surface area contributed by atoms with Crippen molar-refractivity contribution in [2.24, 2.45) is 4.99 Å². The summed E-state index contributed by atoms with van der Waals surface area (Å²) < 4.78 is 1.13. The van der Waals surface area contributed by atoms with Gasteiger partial charge in [-0.25, -0.2) is 4.99 Å². The lowest BCUT2D eigenvalue weighted by molar-refractivity contribution is -0.130. The first kappa shape index (κ1) is 16.3. The van der Waals surface area contributed by atoms with Crippen molar-refractivity contribution in [2.75, 3.05) is 32.7 Å². The third kappa shape index (κ3) is 4.71. The average molecular weight is 373 g/mol. The Hall–Kier alpha value is -1.08. The Morgan fingerprint density at radius 3 is 2.52 bits per heavy atom. The van der Waals surface area contributed by atoms with E-state index in [4.69, 9.17) is 4.99 Å². The molecule has 2 rings (SSSR count). The maximum atomic E-state index is 11.4. The third-order valence-corrected chi connectivity index (χ3v) is 4.98. The monoisotopic (exact) mass is 372 g/mol. The number of nitrogens with zero attached hydrogens (tertiary/aromatic N) is 3. The van der Waals surface area contributed by atoms with Crippen LogP contribution in [0.4, 0.5) is 0 Å². The normalized spacial score (nSPS) is 16.2. The van der Waals surface area contributed by atoms with Gasteiger partial charge in [-0.2, -0.15) is 0 Å². The molecule has 1 saturated heterocycles. The van der Waals surface area contributed by atoms with Gasteiger partial charge in [0.15, 0.2) is 5.96 Å². The van der Waals surface area contributed by atoms with Crippen LogP contribution in [0.15, 0.2) is 20.9 Å². The molecule has 1 fully saturated rings. The van der Waals surface area contributed by atoms with Crippen molar-refractivity contribution in [1.82, 2.24) is 15.1 Å². The van der Waals surface area contributed by atoms with Crippen LogP contribution in [0.1, 0.15) is 18.7 Å². The molecule has 1 aromatic heterocycles. The molecule has 0 aromatic carbocycles. The molecule has 0 spiro atoms. The van der Waals surface area contributed by atoms with E-state index >= 15 is 0 Å². The number of thiophene rings is 1. The van der Waals surface area contributed by atoms with Gasteiger partial charge in [0, 0.05) is 44.5 Å². The fraction of sp³-hybridized carbons (Fsp3) is 0.571. The quantitative estimate of drug-likeness (QED) is 0.653. The molecule has 1 aliphatic heterocycles. The SMILES string of the molecule is CCNC(=NCc1ccc(Br)s1)N1CCN(C(C)=O)CC1. The van der Waals surface area contributed by atoms with Crippen LogP contribution in [0.2, 0.25) is 0 Å². The van der Waals surface area contributed by atoms with Crippen LogP contribution in [0.3, 0.4) is 0 Å². The summed E-state index contributed by atoms with van der Waals surface area (Å²) in [5.74, 6) is 1.09. The molecule has 2 heterocycles. The first-order valence-corrected chi connectivity index (χ1v) is 8.74. The molecule has 0 aliphatic carbocycles. The van der Waals surface area contributed by atoms with Gasteiger partial charge in [-0.1, -0.05) is 0 Å². The first-order valence-electron chi connectivity index (χ1n) is 7.13. The van der Waals surface area contributed by atoms with Gasteiger partial charge in [0.1, 0.15) is 0 Å². The molecule has 0 atom stereocenters. The van der Waals surface area contributed by atoms with E-state index in [1.807, 2.05) is 11.0 Å². The van der Waals surface area contributed by atoms with E-state index in [2.05, 4.69) is 39.1 Å². The minimum Gasteiger partial charge on any atom is -0.357 e. The number of nitrogens with one attached hydrogen (secondary N) is 1. The van der Waals surface area contributed by atoms with Crippen molar-refractivity contribution in [2.45, 2.75) is 20.4 Å². The summed E-state index contributed by atoms with van der Waals surface area (Å²) in [7, 11) is 0. The predicted octanol–water partition coefficient (Wildman–Crippen LogP) is 2.14. The highest BCUT2D eigenvalue weighted by Crippen LogP contribution is 2.22. The lowest BCUT2D eigenvalue weighted by atomic mass is 10.3. The van der Waals surface area contributed by atoms with Crippen molar-refractivity contribution in [1.29, 1.82) is 0 Å². The van der Waals surface area contributed by atoms with Crippen LogP contribution >= 0.6 is 27.3 Å². The molecule has 7 heteroatoms. The minimum absolute atomic E-state index is 0.153. The summed E-state index contributed by atoms with van der Waals surface area (Å²) in [5, 5.41) is 3.34. The molecule has 0 saturated carbocycles. The largest absolute Gasteiger partial charge is 0.357 e. The van der Waals surface area contributed by atoms with Crippen LogP contribution < -0.4 is 5.32 Å². The Morgan fingerprint density at radius 1 is 1.33 bits per heavy atom. The van der Waals surface area contributed by atoms with E-state index < -0.39 is 0 Å². The maximum Gasteiger partial charge on any atom is 0.219 e. The van der Waals surface area contributed by atoms with Crippen LogP contribution in [0, 0.1) is 0 Å². The van der Waals surface area contributed by atoms with Crippen LogP contribution in [0.25, 0.3) is 0 Å². The fourth-order valence-corrected chi connectivity index (χ4v) is 3.66. The number of rotatable bonds is 3. The molecule has 116 valence electrons. The molecule has 21 heavy (non-hydrogen) atoms. The van der Waals surface area contributed by atoms with Gasteiger partial charge in [-0.15, -0.1) is 11.3 Å². The minimum atomic E-state index is 0.153. The smallest absolute Gasteiger partial charge is 0.219 e. The molecule has 0 bridgehead atoms. The number of carbonyl (C=O) groups excluding carboxylic acids is 1. The zero-order valence-corrected chi connectivity index (χ0v) is 14.8. The van der Waals surface area contributed by atoms with Gasteiger partial charge < -0.3 is 15.1 Å². The average Bonchev–Trinajstić information content (AvgIpc) is 2.89. The number of hydrogen-bond donors (Lipinski definition) is 1. The zero-order valence-electron chi connectivity index (χ0n) is 12.4. The number of carbonyl (C=O) groups is 1. The summed E-state index contributed by atoms with van der Waals surface area (Å²) in [6, 6.07) is 4.14. The third-order valence-electron chi connectivity index (χ3n) is 3.37. The Morgan fingerprint density at radius 2 is 2.00 bits per heavy atom. The number of halogens is 1. The van der Waals surface area contributed by atoms with E-state index in [0.29, 0.717) is 6.54 Å². The van der Waals surface area contributed by atoms with E-state index in [0.717, 1.165) is 42.5 Å². The standard InChI is InChI=1S/C14H21BrN4OS/c1-3-16-14(17-10-12-4-5-13(15)21-12)19-8-6-18(7-9-19)11(2)20/h4-5H,3,6-10H2,1-2H3,(H,16,17). The molecular weight excluding hydrogens is 352 g/mol. The Labute approximate surface area is 138 Å². The summed E-state index contributed by atoms with van der Waals surface area (Å²) in [6.07, 6.45) is 0. The number of aliphatic imine (C=N–C) groups is 1. The molecule has 1 amide bonds. The van der Waals surface area contributed by atoms with Gasteiger partial charge in [-0.05, 0) is 35.0 Å². The molecular formula is C14H21BrN4OS. The van der Waals surface area contributed by atoms with Gasteiger partial charge >= 0.3 is 0 Å². The van der Waals surface area contributed by atoms with Crippen LogP contribution in [-0.4, -0.2) is 54.4 Å². The van der Waals surface area contributed by atoms with Gasteiger partial charge in [0.25, 0.3) is 0 Å². The van der Waals surface area contributed by atoms with Gasteiger partial charge in [-0.3, -0.25) is 4.79 Å². The van der Waals surface area contributed by atoms with E-state index in [1.54, 1.807) is 18.3 Å². The zero-order chi connectivity index (χ0) is 15.2. The molecule has 1 aromatic rings. The van der Waals surface area contributed by atoms with Crippen molar-refractivity contribution in [3.05, 3.63) is 20.8 Å². The van der Waals surface area contributed by atoms with E-state index in [9.17, 15) is 4.79 Å². The summed E-state index contributed by atoms with van der Waals surface area (Å²) in [5.41, 5.74) is 0. The second-order valence-corrected chi connectivity index (χ2v) is 7.42. The van der Waals surface area contributed by atoms with Crippen molar-refractivity contribution < 1.29 is 4.79 Å². The van der Waals surface area contributed by atoms with E-state index in [1.165, 1.54) is 4.88 Å². The number of hydrogen-bond acceptors (Lipinski definition) is 3. The highest BCUT2D eigenvalue weighted by atomic mass is 79.9. The molecule has 0 radical (unpaired) electrons. The van der Waals surface area contributed by atoms with Crippen LogP contribution in [-0.2, 0) is 11.3 Å². The lowest BCUT2D eigenvalue weighted by Crippen LogP contribution is -2.53. The van der Waals surface area contributed by atoms with Crippen molar-refractivity contribution in [3.8, 4) is 0 Å². The maximum absolute atomic E-state index is 11.4. The van der Waals surface area contributed by atoms with Crippen LogP contribution in [0.5, 0.6) is 0 Å². The molecule has 1 N–H and O–H groups in total.